The van der Waals surface area contributed by atoms with Crippen LogP contribution in [0, 0.1) is 0 Å². The molecule has 9 aromatic rings. The molecular weight excluding hydrogens is 794 g/mol. The quantitative estimate of drug-likeness (QED) is 0.158. The molecule has 14 rings (SSSR count). The third kappa shape index (κ3) is 4.95. The van der Waals surface area contributed by atoms with Crippen molar-refractivity contribution >= 4 is 51.3 Å². The zero-order chi connectivity index (χ0) is 41.9. The molecule has 64 heavy (non-hydrogen) atoms. The lowest BCUT2D eigenvalue weighted by atomic mass is 9.65. The van der Waals surface area contributed by atoms with Crippen LogP contribution in [0.3, 0.4) is 0 Å². The Morgan fingerprint density at radius 1 is 0.594 bits per heavy atom. The van der Waals surface area contributed by atoms with Crippen molar-refractivity contribution in [3.8, 4) is 22.6 Å². The molecule has 1 aromatic heterocycles. The first-order valence-electron chi connectivity index (χ1n) is 22.5. The van der Waals surface area contributed by atoms with Gasteiger partial charge in [0.05, 0.1) is 28.1 Å². The molecule has 1 spiro atoms. The molecule has 0 amide bonds. The summed E-state index contributed by atoms with van der Waals surface area (Å²) < 4.78 is 9.80. The largest absolute Gasteiger partial charge is 0.350 e. The number of para-hydroxylation sites is 4. The van der Waals surface area contributed by atoms with Crippen LogP contribution >= 0.6 is 7.77 Å². The second kappa shape index (κ2) is 13.7. The van der Waals surface area contributed by atoms with Gasteiger partial charge in [-0.25, -0.2) is 0 Å². The third-order valence-corrected chi connectivity index (χ3v) is 16.7. The Morgan fingerprint density at radius 2 is 1.34 bits per heavy atom. The van der Waals surface area contributed by atoms with Crippen LogP contribution in [0.1, 0.15) is 62.8 Å². The van der Waals surface area contributed by atoms with Crippen LogP contribution in [0.25, 0.3) is 49.8 Å². The molecule has 5 aliphatic rings. The fourth-order valence-corrected chi connectivity index (χ4v) is 14.3. The van der Waals surface area contributed by atoms with Gasteiger partial charge in [0, 0.05) is 27.8 Å². The molecule has 3 heteroatoms. The number of aromatic nitrogens is 1. The van der Waals surface area contributed by atoms with Gasteiger partial charge in [0.25, 0.3) is 0 Å². The fraction of sp³-hybridized carbons (Fsp3) is 0.0656. The van der Waals surface area contributed by atoms with Gasteiger partial charge in [-0.15, -0.1) is 0 Å². The van der Waals surface area contributed by atoms with Gasteiger partial charge < -0.3 is 4.57 Å². The number of hydrogen-bond donors (Lipinski definition) is 0. The highest BCUT2D eigenvalue weighted by Crippen LogP contribution is 2.63. The molecule has 4 unspecified atom stereocenters. The molecule has 2 aliphatic heterocycles. The molecule has 0 saturated carbocycles. The predicted octanol–water partition coefficient (Wildman–Crippen LogP) is 14.6. The van der Waals surface area contributed by atoms with Crippen molar-refractivity contribution in [1.82, 2.24) is 4.57 Å². The highest BCUT2D eigenvalue weighted by atomic mass is 31.1. The number of benzene rings is 8. The Kier molecular flexibility index (Phi) is 7.74. The smallest absolute Gasteiger partial charge is 0.309 e. The van der Waals surface area contributed by atoms with Gasteiger partial charge >= 0.3 is 7.77 Å². The van der Waals surface area contributed by atoms with Gasteiger partial charge in [0.1, 0.15) is 0 Å². The van der Waals surface area contributed by atoms with Crippen LogP contribution in [0.15, 0.2) is 225 Å². The van der Waals surface area contributed by atoms with E-state index in [2.05, 4.69) is 229 Å². The maximum absolute atomic E-state index is 7.26. The lowest BCUT2D eigenvalue weighted by molar-refractivity contribution is 0.635. The first-order valence-corrected chi connectivity index (χ1v) is 23.7. The minimum atomic E-state index is -1.17. The Bertz CT molecular complexity index is 3610. The molecule has 0 saturated heterocycles. The number of allylic oxidation sites excluding steroid dienone is 8. The summed E-state index contributed by atoms with van der Waals surface area (Å²) in [4.78, 5) is 0. The van der Waals surface area contributed by atoms with E-state index in [-0.39, 0.29) is 11.8 Å². The second-order valence-electron chi connectivity index (χ2n) is 17.7. The van der Waals surface area contributed by atoms with Crippen molar-refractivity contribution in [1.29, 1.82) is 0 Å². The molecule has 0 fully saturated rings. The van der Waals surface area contributed by atoms with Gasteiger partial charge in [0.15, 0.2) is 11.0 Å². The number of nitrogens with zero attached hydrogens (tertiary/aromatic N) is 1. The molecular formula is C61H41NOP+. The Balaban J connectivity index is 1.09. The average molecular weight is 835 g/mol. The summed E-state index contributed by atoms with van der Waals surface area (Å²) >= 11 is 0. The van der Waals surface area contributed by atoms with Crippen molar-refractivity contribution in [2.24, 2.45) is 0 Å². The van der Waals surface area contributed by atoms with Crippen LogP contribution in [0.4, 0.5) is 0 Å². The van der Waals surface area contributed by atoms with Crippen molar-refractivity contribution in [3.63, 3.8) is 0 Å². The molecule has 4 atom stereocenters. The highest BCUT2D eigenvalue weighted by molar-refractivity contribution is 7.64. The zero-order valence-corrected chi connectivity index (χ0v) is 35.9. The maximum atomic E-state index is 7.26. The lowest BCUT2D eigenvalue weighted by Crippen LogP contribution is -2.34. The summed E-state index contributed by atoms with van der Waals surface area (Å²) in [5.74, 6) is 1.33. The Labute approximate surface area is 373 Å². The van der Waals surface area contributed by atoms with Gasteiger partial charge in [-0.05, 0) is 98.5 Å². The first-order chi connectivity index (χ1) is 31.8. The van der Waals surface area contributed by atoms with Crippen molar-refractivity contribution in [2.45, 2.75) is 23.7 Å². The molecule has 0 bridgehead atoms. The summed E-state index contributed by atoms with van der Waals surface area (Å²) in [5, 5.41) is 5.27. The van der Waals surface area contributed by atoms with Crippen LogP contribution in [-0.2, 0) is 5.41 Å². The van der Waals surface area contributed by atoms with E-state index in [1.807, 2.05) is 0 Å². The summed E-state index contributed by atoms with van der Waals surface area (Å²) in [6.45, 7) is 0. The maximum Gasteiger partial charge on any atom is 0.350 e. The van der Waals surface area contributed by atoms with E-state index in [4.69, 9.17) is 4.52 Å². The summed E-state index contributed by atoms with van der Waals surface area (Å²) in [6.07, 6.45) is 15.0. The minimum absolute atomic E-state index is 0.174. The summed E-state index contributed by atoms with van der Waals surface area (Å²) in [6, 6.07) is 70.1. The monoisotopic (exact) mass is 834 g/mol. The molecule has 0 N–H and O–H groups in total. The number of rotatable bonds is 5. The third-order valence-electron chi connectivity index (χ3n) is 14.5. The van der Waals surface area contributed by atoms with Gasteiger partial charge in [0.2, 0.25) is 5.30 Å². The van der Waals surface area contributed by atoms with Crippen molar-refractivity contribution in [3.05, 3.63) is 269 Å². The van der Waals surface area contributed by atoms with E-state index in [1.165, 1.54) is 105 Å². The first kappa shape index (κ1) is 36.0. The van der Waals surface area contributed by atoms with Crippen LogP contribution in [0.2, 0.25) is 0 Å². The minimum Gasteiger partial charge on any atom is -0.309 e. The van der Waals surface area contributed by atoms with Gasteiger partial charge in [-0.1, -0.05) is 188 Å². The molecule has 8 aromatic carbocycles. The summed E-state index contributed by atoms with van der Waals surface area (Å²) in [5.41, 5.74) is 19.0. The normalized spacial score (nSPS) is 20.1. The number of fused-ring (bicyclic) bond motifs is 16. The lowest BCUT2D eigenvalue weighted by Gasteiger charge is -2.39. The van der Waals surface area contributed by atoms with E-state index in [0.717, 1.165) is 12.2 Å². The SMILES string of the molecule is C1=CC2=[P+](Oc3ccccc3)c3c(ccc4c3-c3ccc(C5=CC(c6ccccc6)CC(c6ccccc6)=C5)cc3C43c4ccccc4-n4c5ccccc5c5cccc3c54)C2C=C1. The highest BCUT2D eigenvalue weighted by Gasteiger charge is 2.55. The van der Waals surface area contributed by atoms with E-state index in [9.17, 15) is 0 Å². The molecule has 300 valence electrons. The Morgan fingerprint density at radius 3 is 2.22 bits per heavy atom. The van der Waals surface area contributed by atoms with Crippen LogP contribution in [0.5, 0.6) is 5.75 Å². The van der Waals surface area contributed by atoms with Gasteiger partial charge in [-0.3, -0.25) is 4.52 Å². The second-order valence-corrected chi connectivity index (χ2v) is 19.5. The summed E-state index contributed by atoms with van der Waals surface area (Å²) in [7, 11) is -1.17. The van der Waals surface area contributed by atoms with Crippen LogP contribution in [-0.4, -0.2) is 9.86 Å². The van der Waals surface area contributed by atoms with Crippen molar-refractivity contribution in [2.75, 3.05) is 0 Å². The predicted molar refractivity (Wildman–Crippen MR) is 267 cm³/mol. The molecule has 0 radical (unpaired) electrons. The Hall–Kier alpha value is -7.51. The zero-order valence-electron chi connectivity index (χ0n) is 35.0. The van der Waals surface area contributed by atoms with Gasteiger partial charge in [-0.2, -0.15) is 0 Å². The standard InChI is InChI=1S/C61H41NOP/c1-4-17-39(18-5-1)42-35-43(40-19-6-2-7-20-40)37-44(36-42)41-31-32-50-54(38-41)61(51-26-12-14-29-56(51)62-55-28-13-10-23-46(55)48-25-16-27-53(61)59(48)62)52-34-33-49-47-24-11-15-30-57(47)64(60(49)58(50)52)63-45-21-8-3-9-22-45/h1-34,36-38,42,47H,35H2/q+1. The van der Waals surface area contributed by atoms with E-state index in [0.29, 0.717) is 0 Å². The van der Waals surface area contributed by atoms with E-state index < -0.39 is 13.2 Å². The molecule has 3 aliphatic carbocycles. The van der Waals surface area contributed by atoms with E-state index >= 15 is 0 Å². The average Bonchev–Trinajstić information content (AvgIpc) is 3.98. The topological polar surface area (TPSA) is 14.2 Å². The van der Waals surface area contributed by atoms with Crippen molar-refractivity contribution < 1.29 is 4.52 Å². The fourth-order valence-electron chi connectivity index (χ4n) is 11.9. The number of hydrogen-bond acceptors (Lipinski definition) is 1. The van der Waals surface area contributed by atoms with E-state index in [1.54, 1.807) is 0 Å². The van der Waals surface area contributed by atoms with Crippen LogP contribution < -0.4 is 9.83 Å². The molecule has 2 nitrogen and oxygen atoms in total. The molecule has 3 heterocycles.